The molecule has 1 aliphatic heterocycles. The molecule has 23 nitrogen and oxygen atoms in total. The Hall–Kier alpha value is -7.83. The molecule has 3 saturated carbocycles. The lowest BCUT2D eigenvalue weighted by Gasteiger charge is -2.67. The minimum absolute atomic E-state index is 0.0235. The number of aliphatic hydroxyl groups excluding tert-OH is 1. The van der Waals surface area contributed by atoms with Crippen LogP contribution in [-0.2, 0) is 71.4 Å². The van der Waals surface area contributed by atoms with Gasteiger partial charge in [0.2, 0.25) is 12.0 Å². The van der Waals surface area contributed by atoms with Crippen LogP contribution in [0.3, 0.4) is 0 Å². The maximum Gasteiger partial charge on any atom is 0.407 e. The fourth-order valence-corrected chi connectivity index (χ4v) is 14.6. The highest BCUT2D eigenvalue weighted by Crippen LogP contribution is 2.64. The first-order chi connectivity index (χ1) is 44.9. The first kappa shape index (κ1) is 72.0. The zero-order chi connectivity index (χ0) is 68.0. The van der Waals surface area contributed by atoms with Crippen LogP contribution in [0, 0.1) is 34.5 Å². The summed E-state index contributed by atoms with van der Waals surface area (Å²) in [4.78, 5) is 126. The van der Waals surface area contributed by atoms with Gasteiger partial charge in [-0.15, -0.1) is 6.58 Å². The Morgan fingerprint density at radius 1 is 0.755 bits per heavy atom. The van der Waals surface area contributed by atoms with E-state index in [9.17, 15) is 43.8 Å². The summed E-state index contributed by atoms with van der Waals surface area (Å²) in [6, 6.07) is 22.5. The highest BCUT2D eigenvalue weighted by Gasteiger charge is 2.78. The lowest BCUT2D eigenvalue weighted by atomic mass is 9.44. The number of hydrogen-bond donors (Lipinski definition) is 5. The molecule has 5 N–H and O–H groups in total. The number of carbonyl (C=O) groups excluding carboxylic acids is 9. The Bertz CT molecular complexity index is 3220. The SMILES string of the molecule is C=CCC[C@@H]1[C@H](CCC)[C@@H]1CCOC(=O)NCCOCCOCCNC(=O)CCCC(=O)O[C@@H](C(=O)O[C@H]1C[C@@]2(O)[C@@H](OC(=O)c3ccccc3)C3[C@](C)(C(=O)[C@H](OC(C)=O)C(=C1C)C2(C)C)[C@@H](O)C[C@H]1OC[C@@]31OC(C)=O)[C@@H](NC(=O)c1ccccc1)c1ccccc1. The Kier molecular flexibility index (Phi) is 24.6. The van der Waals surface area contributed by atoms with E-state index in [-0.39, 0.29) is 93.2 Å². The van der Waals surface area contributed by atoms with E-state index >= 15 is 9.59 Å². The van der Waals surface area contributed by atoms with E-state index in [4.69, 9.17) is 42.6 Å². The number of Topliss-reactive ketones (excluding diaryl/α,β-unsaturated/α-hetero) is 1. The molecule has 1 unspecified atom stereocenters. The fraction of sp³-hybridized carbons (Fsp3) is 0.563. The summed E-state index contributed by atoms with van der Waals surface area (Å²) >= 11 is 0. The van der Waals surface area contributed by atoms with Crippen LogP contribution in [0.1, 0.15) is 145 Å². The fourth-order valence-electron chi connectivity index (χ4n) is 14.6. The predicted molar refractivity (Wildman–Crippen MR) is 339 cm³/mol. The van der Waals surface area contributed by atoms with E-state index in [1.807, 2.05) is 6.08 Å². The second-order valence-electron chi connectivity index (χ2n) is 25.7. The summed E-state index contributed by atoms with van der Waals surface area (Å²) in [5, 5.41) is 34.7. The van der Waals surface area contributed by atoms with Gasteiger partial charge < -0.3 is 68.8 Å². The van der Waals surface area contributed by atoms with E-state index in [2.05, 4.69) is 29.5 Å². The van der Waals surface area contributed by atoms with Gasteiger partial charge in [0.1, 0.15) is 30.0 Å². The van der Waals surface area contributed by atoms with Gasteiger partial charge >= 0.3 is 35.9 Å². The summed E-state index contributed by atoms with van der Waals surface area (Å²) in [5.74, 6) is -6.66. The van der Waals surface area contributed by atoms with Crippen molar-refractivity contribution >= 4 is 53.5 Å². The van der Waals surface area contributed by atoms with Crippen molar-refractivity contribution < 1.29 is 96.0 Å². The number of esters is 5. The average Bonchev–Trinajstić information content (AvgIpc) is 0.736. The molecule has 2 bridgehead atoms. The second-order valence-corrected chi connectivity index (χ2v) is 25.7. The molecule has 14 atom stereocenters. The standard InChI is InChI=1S/C71H91N3O20/c1-9-11-29-50-49(22-10-2)51(50)32-35-88-67(84)73-34-37-87-39-38-86-36-33-72-55(78)30-21-31-56(79)92-60(58(46-23-15-12-16-24-46)74-64(81)47-25-17-13-18-26-47)66(83)91-52-41-71(85)63(93-65(82)48-27-19-14-20-28-48)61-69(8,53(77)40-54-70(61,42-89-54)94-45(5)76)62(80)59(90-44(4)75)57(43(52)3)68(71,6)7/h9,12-20,23-28,49-54,58-61,63,77,85H,1,10-11,21-22,29-42H2,2-8H3,(H,72,78)(H,73,84)(H,74,81)/t49-,50+,51-,52-,53-,54+,58-,59+,60+,61?,63-,69+,70-,71+/m0/s1. The third-order valence-electron chi connectivity index (χ3n) is 19.5. The predicted octanol–water partition coefficient (Wildman–Crippen LogP) is 7.35. The largest absolute Gasteiger partial charge is 0.455 e. The number of allylic oxidation sites excluding steroid dienone is 1. The summed E-state index contributed by atoms with van der Waals surface area (Å²) in [6.45, 7) is 15.4. The number of carbonyl (C=O) groups is 9. The van der Waals surface area contributed by atoms with Crippen LogP contribution in [0.25, 0.3) is 0 Å². The lowest BCUT2D eigenvalue weighted by molar-refractivity contribution is -0.346. The maximum atomic E-state index is 15.9. The molecule has 0 aromatic heterocycles. The highest BCUT2D eigenvalue weighted by atomic mass is 16.6. The van der Waals surface area contributed by atoms with Crippen molar-refractivity contribution in [3.63, 3.8) is 0 Å². The van der Waals surface area contributed by atoms with E-state index in [0.29, 0.717) is 24.4 Å². The second kappa shape index (κ2) is 32.1. The normalized spacial score (nSPS) is 27.7. The number of amides is 3. The van der Waals surface area contributed by atoms with Crippen LogP contribution in [0.2, 0.25) is 0 Å². The third-order valence-corrected chi connectivity index (χ3v) is 19.5. The van der Waals surface area contributed by atoms with Gasteiger partial charge in [-0.2, -0.15) is 0 Å². The molecule has 8 rings (SSSR count). The van der Waals surface area contributed by atoms with Crippen LogP contribution < -0.4 is 16.0 Å². The molecule has 510 valence electrons. The van der Waals surface area contributed by atoms with E-state index in [1.165, 1.54) is 58.4 Å². The van der Waals surface area contributed by atoms with Crippen molar-refractivity contribution in [2.45, 2.75) is 167 Å². The molecule has 3 amide bonds. The summed E-state index contributed by atoms with van der Waals surface area (Å²) in [6.07, 6.45) is -4.93. The number of rotatable bonds is 32. The number of benzene rings is 3. The molecule has 3 aromatic carbocycles. The topological polar surface area (TPSA) is 313 Å². The molecule has 4 fully saturated rings. The van der Waals surface area contributed by atoms with Crippen LogP contribution >= 0.6 is 0 Å². The van der Waals surface area contributed by atoms with Gasteiger partial charge in [0, 0.05) is 63.6 Å². The molecule has 1 saturated heterocycles. The van der Waals surface area contributed by atoms with E-state index in [0.717, 1.165) is 39.5 Å². The van der Waals surface area contributed by atoms with Crippen molar-refractivity contribution in [2.75, 3.05) is 52.7 Å². The molecular formula is C71H91N3O20. The van der Waals surface area contributed by atoms with Gasteiger partial charge in [-0.25, -0.2) is 14.4 Å². The number of fused-ring (bicyclic) bond motifs is 5. The summed E-state index contributed by atoms with van der Waals surface area (Å²) in [5.41, 5.74) is -7.75. The molecule has 5 aliphatic rings. The number of nitrogens with one attached hydrogen (secondary N) is 3. The van der Waals surface area contributed by atoms with Crippen molar-refractivity contribution in [1.82, 2.24) is 16.0 Å². The smallest absolute Gasteiger partial charge is 0.407 e. The van der Waals surface area contributed by atoms with Gasteiger partial charge in [-0.3, -0.25) is 28.8 Å². The van der Waals surface area contributed by atoms with Crippen molar-refractivity contribution in [1.29, 1.82) is 0 Å². The van der Waals surface area contributed by atoms with Gasteiger partial charge in [-0.1, -0.05) is 106 Å². The monoisotopic (exact) mass is 1310 g/mol. The third kappa shape index (κ3) is 16.3. The summed E-state index contributed by atoms with van der Waals surface area (Å²) in [7, 11) is 0. The van der Waals surface area contributed by atoms with E-state index < -0.39 is 137 Å². The van der Waals surface area contributed by atoms with Crippen molar-refractivity contribution in [2.24, 2.45) is 34.5 Å². The minimum Gasteiger partial charge on any atom is -0.455 e. The molecule has 0 spiro atoms. The minimum atomic E-state index is -2.51. The first-order valence-corrected chi connectivity index (χ1v) is 32.6. The number of alkyl carbamates (subject to hydrolysis) is 1. The number of hydrogen-bond acceptors (Lipinski definition) is 20. The Morgan fingerprint density at radius 2 is 1.37 bits per heavy atom. The molecule has 3 aromatic rings. The van der Waals surface area contributed by atoms with Gasteiger partial charge in [0.15, 0.2) is 17.5 Å². The number of ether oxygens (including phenoxy) is 9. The van der Waals surface area contributed by atoms with Gasteiger partial charge in [0.05, 0.1) is 62.6 Å². The number of ketones is 1. The average molecular weight is 1310 g/mol. The first-order valence-electron chi connectivity index (χ1n) is 32.6. The lowest BCUT2D eigenvalue weighted by Crippen LogP contribution is -2.82. The quantitative estimate of drug-likeness (QED) is 0.0176. The molecule has 0 radical (unpaired) electrons. The van der Waals surface area contributed by atoms with Crippen molar-refractivity contribution in [3.8, 4) is 0 Å². The van der Waals surface area contributed by atoms with Gasteiger partial charge in [0.25, 0.3) is 5.91 Å². The Balaban J connectivity index is 0.970. The molecule has 4 aliphatic carbocycles. The maximum absolute atomic E-state index is 15.9. The highest BCUT2D eigenvalue weighted by molar-refractivity contribution is 5.96. The zero-order valence-electron chi connectivity index (χ0n) is 54.8. The molecule has 1 heterocycles. The van der Waals surface area contributed by atoms with Gasteiger partial charge in [-0.05, 0) is 98.3 Å². The van der Waals surface area contributed by atoms with E-state index in [1.54, 1.807) is 66.7 Å². The van der Waals surface area contributed by atoms with Crippen molar-refractivity contribution in [3.05, 3.63) is 131 Å². The molecular weight excluding hydrogens is 1210 g/mol. The van der Waals surface area contributed by atoms with Crippen LogP contribution in [0.4, 0.5) is 4.79 Å². The zero-order valence-corrected chi connectivity index (χ0v) is 54.8. The Labute approximate surface area is 548 Å². The van der Waals surface area contributed by atoms with Crippen LogP contribution in [0.5, 0.6) is 0 Å². The Morgan fingerprint density at radius 3 is 1.98 bits per heavy atom. The molecule has 23 heteroatoms. The van der Waals surface area contributed by atoms with Crippen LogP contribution in [-0.4, -0.2) is 164 Å². The van der Waals surface area contributed by atoms with Crippen LogP contribution in [0.15, 0.2) is 115 Å². The number of aliphatic hydroxyl groups is 2. The molecule has 94 heavy (non-hydrogen) atoms. The summed E-state index contributed by atoms with van der Waals surface area (Å²) < 4.78 is 53.6.